The summed E-state index contributed by atoms with van der Waals surface area (Å²) in [6.45, 7) is 4.91. The topological polar surface area (TPSA) is 67.8 Å². The van der Waals surface area contributed by atoms with Gasteiger partial charge in [0, 0.05) is 36.6 Å². The summed E-state index contributed by atoms with van der Waals surface area (Å²) in [6, 6.07) is 8.00. The van der Waals surface area contributed by atoms with Crippen molar-refractivity contribution in [1.29, 1.82) is 0 Å². The van der Waals surface area contributed by atoms with Crippen LogP contribution >= 0.6 is 0 Å². The Morgan fingerprint density at radius 3 is 2.83 bits per heavy atom. The fourth-order valence-electron chi connectivity index (χ4n) is 2.73. The van der Waals surface area contributed by atoms with Crippen molar-refractivity contribution in [2.24, 2.45) is 5.92 Å². The number of hydrogen-bond donors (Lipinski definition) is 2. The van der Waals surface area contributed by atoms with Crippen LogP contribution < -0.4 is 10.1 Å². The Bertz CT molecular complexity index is 733. The van der Waals surface area contributed by atoms with Crippen molar-refractivity contribution in [3.05, 3.63) is 54.7 Å². The SMILES string of the molecule is COc1ccc(-c2[nH]ncc2CNCC(C)Cn2ccnc2)cc1. The number of rotatable bonds is 8. The Kier molecular flexibility index (Phi) is 5.28. The third kappa shape index (κ3) is 4.02. The number of H-pyrrole nitrogens is 1. The Labute approximate surface area is 141 Å². The summed E-state index contributed by atoms with van der Waals surface area (Å²) in [5.41, 5.74) is 3.32. The molecular weight excluding hydrogens is 302 g/mol. The predicted molar refractivity (Wildman–Crippen MR) is 93.7 cm³/mol. The molecule has 0 radical (unpaired) electrons. The van der Waals surface area contributed by atoms with Gasteiger partial charge in [0.1, 0.15) is 5.75 Å². The van der Waals surface area contributed by atoms with Crippen molar-refractivity contribution in [3.8, 4) is 17.0 Å². The molecule has 0 amide bonds. The Hall–Kier alpha value is -2.60. The lowest BCUT2D eigenvalue weighted by Crippen LogP contribution is -2.23. The average molecular weight is 325 g/mol. The van der Waals surface area contributed by atoms with Gasteiger partial charge in [0.2, 0.25) is 0 Å². The van der Waals surface area contributed by atoms with E-state index in [2.05, 4.69) is 32.0 Å². The molecule has 3 rings (SSSR count). The molecule has 0 fully saturated rings. The first-order chi connectivity index (χ1) is 11.8. The minimum atomic E-state index is 0.524. The second-order valence-electron chi connectivity index (χ2n) is 5.99. The van der Waals surface area contributed by atoms with E-state index < -0.39 is 0 Å². The first kappa shape index (κ1) is 16.3. The number of benzene rings is 1. The molecule has 2 heterocycles. The predicted octanol–water partition coefficient (Wildman–Crippen LogP) is 2.71. The summed E-state index contributed by atoms with van der Waals surface area (Å²) in [7, 11) is 1.67. The number of imidazole rings is 1. The highest BCUT2D eigenvalue weighted by Gasteiger charge is 2.09. The van der Waals surface area contributed by atoms with Crippen molar-refractivity contribution in [2.45, 2.75) is 20.0 Å². The maximum atomic E-state index is 5.21. The monoisotopic (exact) mass is 325 g/mol. The third-order valence-electron chi connectivity index (χ3n) is 3.99. The zero-order chi connectivity index (χ0) is 16.8. The van der Waals surface area contributed by atoms with E-state index in [1.54, 1.807) is 7.11 Å². The van der Waals surface area contributed by atoms with E-state index in [1.807, 2.05) is 49.2 Å². The fraction of sp³-hybridized carbons (Fsp3) is 0.333. The van der Waals surface area contributed by atoms with Crippen molar-refractivity contribution >= 4 is 0 Å². The number of methoxy groups -OCH3 is 1. The number of aromatic nitrogens is 4. The Morgan fingerprint density at radius 1 is 1.29 bits per heavy atom. The molecule has 24 heavy (non-hydrogen) atoms. The van der Waals surface area contributed by atoms with Crippen LogP contribution in [0, 0.1) is 5.92 Å². The lowest BCUT2D eigenvalue weighted by Gasteiger charge is -2.13. The zero-order valence-electron chi connectivity index (χ0n) is 14.1. The van der Waals surface area contributed by atoms with Gasteiger partial charge in [-0.05, 0) is 36.7 Å². The molecule has 2 N–H and O–H groups in total. The van der Waals surface area contributed by atoms with Gasteiger partial charge in [0.15, 0.2) is 0 Å². The minimum Gasteiger partial charge on any atom is -0.497 e. The highest BCUT2D eigenvalue weighted by Crippen LogP contribution is 2.23. The van der Waals surface area contributed by atoms with E-state index in [0.717, 1.165) is 42.2 Å². The molecule has 0 spiro atoms. The molecule has 6 nitrogen and oxygen atoms in total. The number of nitrogens with one attached hydrogen (secondary N) is 2. The summed E-state index contributed by atoms with van der Waals surface area (Å²) in [4.78, 5) is 4.07. The van der Waals surface area contributed by atoms with Crippen LogP contribution in [-0.2, 0) is 13.1 Å². The molecule has 1 aromatic carbocycles. The van der Waals surface area contributed by atoms with E-state index in [0.29, 0.717) is 5.92 Å². The smallest absolute Gasteiger partial charge is 0.118 e. The largest absolute Gasteiger partial charge is 0.497 e. The summed E-state index contributed by atoms with van der Waals surface area (Å²) in [6.07, 6.45) is 7.54. The lowest BCUT2D eigenvalue weighted by atomic mass is 10.1. The number of ether oxygens (including phenoxy) is 1. The van der Waals surface area contributed by atoms with Crippen molar-refractivity contribution < 1.29 is 4.74 Å². The van der Waals surface area contributed by atoms with Crippen LogP contribution in [-0.4, -0.2) is 33.4 Å². The molecule has 2 aromatic heterocycles. The molecule has 0 bridgehead atoms. The summed E-state index contributed by atoms with van der Waals surface area (Å²) in [5.74, 6) is 1.38. The van der Waals surface area contributed by atoms with Crippen LogP contribution in [0.2, 0.25) is 0 Å². The van der Waals surface area contributed by atoms with Crippen LogP contribution in [0.3, 0.4) is 0 Å². The summed E-state index contributed by atoms with van der Waals surface area (Å²) < 4.78 is 7.31. The first-order valence-corrected chi connectivity index (χ1v) is 8.09. The molecule has 0 saturated carbocycles. The Balaban J connectivity index is 1.55. The summed E-state index contributed by atoms with van der Waals surface area (Å²) >= 11 is 0. The first-order valence-electron chi connectivity index (χ1n) is 8.09. The minimum absolute atomic E-state index is 0.524. The standard InChI is InChI=1S/C18H23N5O/c1-14(12-23-8-7-19-13-23)9-20-10-16-11-21-22-18(16)15-3-5-17(24-2)6-4-15/h3-8,11,13-14,20H,9-10,12H2,1-2H3,(H,21,22). The molecular formula is C18H23N5O. The second kappa shape index (κ2) is 7.79. The second-order valence-corrected chi connectivity index (χ2v) is 5.99. The third-order valence-corrected chi connectivity index (χ3v) is 3.99. The van der Waals surface area contributed by atoms with Gasteiger partial charge in [0.25, 0.3) is 0 Å². The van der Waals surface area contributed by atoms with Gasteiger partial charge in [-0.3, -0.25) is 5.10 Å². The van der Waals surface area contributed by atoms with Gasteiger partial charge in [0.05, 0.1) is 25.3 Å². The van der Waals surface area contributed by atoms with E-state index in [-0.39, 0.29) is 0 Å². The molecule has 126 valence electrons. The summed E-state index contributed by atoms with van der Waals surface area (Å²) in [5, 5.41) is 10.8. The molecule has 3 aromatic rings. The van der Waals surface area contributed by atoms with Crippen LogP contribution in [0.5, 0.6) is 5.75 Å². The van der Waals surface area contributed by atoms with Crippen molar-refractivity contribution in [2.75, 3.05) is 13.7 Å². The van der Waals surface area contributed by atoms with Crippen molar-refractivity contribution in [3.63, 3.8) is 0 Å². The Morgan fingerprint density at radius 2 is 2.12 bits per heavy atom. The van der Waals surface area contributed by atoms with Gasteiger partial charge in [-0.15, -0.1) is 0 Å². The molecule has 0 saturated heterocycles. The zero-order valence-corrected chi connectivity index (χ0v) is 14.1. The highest BCUT2D eigenvalue weighted by molar-refractivity contribution is 5.63. The lowest BCUT2D eigenvalue weighted by molar-refractivity contribution is 0.415. The maximum Gasteiger partial charge on any atom is 0.118 e. The maximum absolute atomic E-state index is 5.21. The molecule has 0 aliphatic rings. The van der Waals surface area contributed by atoms with Crippen LogP contribution in [0.15, 0.2) is 49.2 Å². The fourth-order valence-corrected chi connectivity index (χ4v) is 2.73. The van der Waals surface area contributed by atoms with E-state index in [4.69, 9.17) is 4.74 Å². The van der Waals surface area contributed by atoms with Crippen molar-refractivity contribution in [1.82, 2.24) is 25.1 Å². The number of nitrogens with zero attached hydrogens (tertiary/aromatic N) is 3. The van der Waals surface area contributed by atoms with Gasteiger partial charge >= 0.3 is 0 Å². The van der Waals surface area contributed by atoms with Crippen LogP contribution in [0.4, 0.5) is 0 Å². The van der Waals surface area contributed by atoms with E-state index in [1.165, 1.54) is 0 Å². The van der Waals surface area contributed by atoms with Crippen LogP contribution in [0.1, 0.15) is 12.5 Å². The van der Waals surface area contributed by atoms with Gasteiger partial charge in [-0.1, -0.05) is 6.92 Å². The molecule has 6 heteroatoms. The van der Waals surface area contributed by atoms with Crippen LogP contribution in [0.25, 0.3) is 11.3 Å². The van der Waals surface area contributed by atoms with E-state index in [9.17, 15) is 0 Å². The molecule has 0 aliphatic carbocycles. The van der Waals surface area contributed by atoms with E-state index >= 15 is 0 Å². The normalized spacial score (nSPS) is 12.2. The molecule has 0 aliphatic heterocycles. The molecule has 1 unspecified atom stereocenters. The molecule has 1 atom stereocenters. The average Bonchev–Trinajstić information content (AvgIpc) is 3.27. The van der Waals surface area contributed by atoms with Gasteiger partial charge in [-0.2, -0.15) is 5.10 Å². The highest BCUT2D eigenvalue weighted by atomic mass is 16.5. The number of hydrogen-bond acceptors (Lipinski definition) is 4. The number of aromatic amines is 1. The van der Waals surface area contributed by atoms with Gasteiger partial charge in [-0.25, -0.2) is 4.98 Å². The quantitative estimate of drug-likeness (QED) is 0.668. The van der Waals surface area contributed by atoms with Gasteiger partial charge < -0.3 is 14.6 Å².